The SMILES string of the molecule is C/C(=C\N=CC(C)C)C1c2ccc(C)c(c2)COc2cccc(c2)-c2cc(C#N)nc3ccc1cc23. The van der Waals surface area contributed by atoms with Crippen LogP contribution in [-0.4, -0.2) is 11.2 Å². The standard InChI is InChI=1S/C32H29N3O/c1-20(2)17-34-18-22(4)32-24-9-8-21(3)26(12-24)19-36-28-7-5-6-23(13-28)29-15-27(16-33)35-31-11-10-25(32)14-30(29)31/h5-15,17-18,20,32H,19H2,1-4H3/b22-18+,34-17?. The Labute approximate surface area is 212 Å². The van der Waals surface area contributed by atoms with Crippen LogP contribution in [0, 0.1) is 24.2 Å². The summed E-state index contributed by atoms with van der Waals surface area (Å²) < 4.78 is 6.26. The van der Waals surface area contributed by atoms with Crippen molar-refractivity contribution < 1.29 is 4.74 Å². The summed E-state index contributed by atoms with van der Waals surface area (Å²) in [5, 5.41) is 10.7. The van der Waals surface area contributed by atoms with E-state index in [1.54, 1.807) is 0 Å². The number of nitriles is 1. The molecule has 0 amide bonds. The maximum absolute atomic E-state index is 9.64. The summed E-state index contributed by atoms with van der Waals surface area (Å²) in [6, 6.07) is 25.2. The van der Waals surface area contributed by atoms with Crippen LogP contribution in [0.4, 0.5) is 0 Å². The first-order chi connectivity index (χ1) is 17.4. The summed E-state index contributed by atoms with van der Waals surface area (Å²) in [7, 11) is 0. The molecule has 0 saturated heterocycles. The molecule has 0 saturated carbocycles. The van der Waals surface area contributed by atoms with Crippen LogP contribution in [0.3, 0.4) is 0 Å². The Hall–Kier alpha value is -4.23. The number of allylic oxidation sites excluding steroid dienone is 1. The third kappa shape index (κ3) is 4.65. The Morgan fingerprint density at radius 3 is 2.69 bits per heavy atom. The summed E-state index contributed by atoms with van der Waals surface area (Å²) in [5.41, 5.74) is 9.05. The summed E-state index contributed by atoms with van der Waals surface area (Å²) in [5.74, 6) is 1.20. The average molecular weight is 472 g/mol. The Morgan fingerprint density at radius 1 is 1.08 bits per heavy atom. The first-order valence-electron chi connectivity index (χ1n) is 12.3. The van der Waals surface area contributed by atoms with E-state index >= 15 is 0 Å². The molecule has 1 aromatic heterocycles. The minimum Gasteiger partial charge on any atom is -0.489 e. The number of hydrogen-bond donors (Lipinski definition) is 0. The van der Waals surface area contributed by atoms with Crippen LogP contribution in [0.1, 0.15) is 54.6 Å². The number of aryl methyl sites for hydroxylation is 1. The van der Waals surface area contributed by atoms with Crippen LogP contribution >= 0.6 is 0 Å². The van der Waals surface area contributed by atoms with Crippen LogP contribution in [0.2, 0.25) is 0 Å². The van der Waals surface area contributed by atoms with Gasteiger partial charge in [-0.3, -0.25) is 4.99 Å². The summed E-state index contributed by atoms with van der Waals surface area (Å²) in [6.07, 6.45) is 3.94. The molecule has 0 N–H and O–H groups in total. The number of ether oxygens (including phenoxy) is 1. The van der Waals surface area contributed by atoms with Gasteiger partial charge in [0.25, 0.3) is 0 Å². The van der Waals surface area contributed by atoms with Crippen LogP contribution in [0.25, 0.3) is 22.0 Å². The Morgan fingerprint density at radius 2 is 1.89 bits per heavy atom. The second-order valence-electron chi connectivity index (χ2n) is 9.79. The first-order valence-corrected chi connectivity index (χ1v) is 12.3. The van der Waals surface area contributed by atoms with Gasteiger partial charge in [0.15, 0.2) is 0 Å². The maximum atomic E-state index is 9.64. The maximum Gasteiger partial charge on any atom is 0.141 e. The number of pyridine rings is 1. The molecule has 178 valence electrons. The quantitative estimate of drug-likeness (QED) is 0.287. The molecule has 1 unspecified atom stereocenters. The molecule has 4 aromatic rings. The lowest BCUT2D eigenvalue weighted by Gasteiger charge is -2.21. The molecule has 0 aliphatic carbocycles. The number of hydrogen-bond acceptors (Lipinski definition) is 4. The van der Waals surface area contributed by atoms with Gasteiger partial charge in [-0.2, -0.15) is 5.26 Å². The molecule has 1 aliphatic rings. The minimum absolute atomic E-state index is 0.0189. The molecule has 0 radical (unpaired) electrons. The van der Waals surface area contributed by atoms with Gasteiger partial charge in [0.1, 0.15) is 24.1 Å². The fourth-order valence-corrected chi connectivity index (χ4v) is 4.79. The topological polar surface area (TPSA) is 58.3 Å². The Kier molecular flexibility index (Phi) is 6.40. The zero-order valence-electron chi connectivity index (χ0n) is 21.1. The monoisotopic (exact) mass is 471 g/mol. The van der Waals surface area contributed by atoms with Crippen LogP contribution < -0.4 is 4.74 Å². The lowest BCUT2D eigenvalue weighted by atomic mass is 9.83. The van der Waals surface area contributed by atoms with Gasteiger partial charge in [-0.05, 0) is 89.1 Å². The van der Waals surface area contributed by atoms with E-state index in [0.717, 1.165) is 44.5 Å². The van der Waals surface area contributed by atoms with Crippen molar-refractivity contribution in [2.45, 2.75) is 40.2 Å². The largest absolute Gasteiger partial charge is 0.489 e. The molecular formula is C32H29N3O. The van der Waals surface area contributed by atoms with E-state index in [4.69, 9.17) is 4.74 Å². The van der Waals surface area contributed by atoms with Crippen molar-refractivity contribution in [2.24, 2.45) is 10.9 Å². The predicted molar refractivity (Wildman–Crippen MR) is 146 cm³/mol. The zero-order chi connectivity index (χ0) is 25.2. The number of aromatic nitrogens is 1. The van der Waals surface area contributed by atoms with E-state index < -0.39 is 0 Å². The lowest BCUT2D eigenvalue weighted by Crippen LogP contribution is -2.06. The number of fused-ring (bicyclic) bond motifs is 6. The lowest BCUT2D eigenvalue weighted by molar-refractivity contribution is 0.305. The minimum atomic E-state index is 0.0189. The van der Waals surface area contributed by atoms with Gasteiger partial charge < -0.3 is 4.74 Å². The van der Waals surface area contributed by atoms with Crippen LogP contribution in [0.5, 0.6) is 5.75 Å². The molecule has 36 heavy (non-hydrogen) atoms. The highest BCUT2D eigenvalue weighted by atomic mass is 16.5. The molecule has 0 spiro atoms. The van der Waals surface area contributed by atoms with E-state index in [2.05, 4.69) is 80.1 Å². The van der Waals surface area contributed by atoms with E-state index in [-0.39, 0.29) is 5.92 Å². The molecule has 1 aliphatic heterocycles. The highest BCUT2D eigenvalue weighted by Gasteiger charge is 2.20. The molecule has 2 heterocycles. The van der Waals surface area contributed by atoms with Crippen molar-refractivity contribution in [2.75, 3.05) is 0 Å². The summed E-state index contributed by atoms with van der Waals surface area (Å²) >= 11 is 0. The van der Waals surface area contributed by atoms with Crippen molar-refractivity contribution in [3.63, 3.8) is 0 Å². The van der Waals surface area contributed by atoms with Gasteiger partial charge in [0.2, 0.25) is 0 Å². The molecular weight excluding hydrogens is 442 g/mol. The Balaban J connectivity index is 1.80. The second kappa shape index (κ2) is 9.79. The van der Waals surface area contributed by atoms with E-state index in [9.17, 15) is 5.26 Å². The number of rotatable bonds is 3. The molecule has 3 aromatic carbocycles. The van der Waals surface area contributed by atoms with Gasteiger partial charge in [-0.25, -0.2) is 4.98 Å². The molecule has 1 atom stereocenters. The van der Waals surface area contributed by atoms with E-state index in [1.165, 1.54) is 11.1 Å². The fraction of sp³-hybridized carbons (Fsp3) is 0.219. The van der Waals surface area contributed by atoms with Gasteiger partial charge in [0, 0.05) is 23.7 Å². The number of benzene rings is 3. The van der Waals surface area contributed by atoms with Crippen molar-refractivity contribution >= 4 is 17.1 Å². The molecule has 4 heteroatoms. The van der Waals surface area contributed by atoms with Gasteiger partial charge in [-0.15, -0.1) is 0 Å². The summed E-state index contributed by atoms with van der Waals surface area (Å²) in [4.78, 5) is 9.21. The van der Waals surface area contributed by atoms with E-state index in [1.807, 2.05) is 42.7 Å². The molecule has 6 bridgehead atoms. The number of nitrogens with zero attached hydrogens (tertiary/aromatic N) is 3. The molecule has 5 rings (SSSR count). The first kappa shape index (κ1) is 23.5. The molecule has 4 nitrogen and oxygen atoms in total. The highest BCUT2D eigenvalue weighted by Crippen LogP contribution is 2.38. The van der Waals surface area contributed by atoms with Gasteiger partial charge >= 0.3 is 0 Å². The van der Waals surface area contributed by atoms with Gasteiger partial charge in [-0.1, -0.05) is 50.2 Å². The fourth-order valence-electron chi connectivity index (χ4n) is 4.79. The Bertz CT molecular complexity index is 1560. The second-order valence-corrected chi connectivity index (χ2v) is 9.79. The normalized spacial score (nSPS) is 15.3. The zero-order valence-corrected chi connectivity index (χ0v) is 21.1. The van der Waals surface area contributed by atoms with Gasteiger partial charge in [0.05, 0.1) is 5.52 Å². The third-order valence-electron chi connectivity index (χ3n) is 6.64. The summed E-state index contributed by atoms with van der Waals surface area (Å²) in [6.45, 7) is 9.00. The van der Waals surface area contributed by atoms with Crippen molar-refractivity contribution in [3.8, 4) is 22.9 Å². The average Bonchev–Trinajstić information content (AvgIpc) is 2.88. The molecule has 0 fully saturated rings. The van der Waals surface area contributed by atoms with Crippen molar-refractivity contribution in [1.82, 2.24) is 4.98 Å². The number of aliphatic imine (C=N–C) groups is 1. The predicted octanol–water partition coefficient (Wildman–Crippen LogP) is 7.74. The van der Waals surface area contributed by atoms with Crippen molar-refractivity contribution in [3.05, 3.63) is 106 Å². The van der Waals surface area contributed by atoms with Crippen molar-refractivity contribution in [1.29, 1.82) is 5.26 Å². The van der Waals surface area contributed by atoms with Crippen LogP contribution in [0.15, 0.2) is 83.5 Å². The van der Waals surface area contributed by atoms with E-state index in [0.29, 0.717) is 18.2 Å². The highest BCUT2D eigenvalue weighted by molar-refractivity contribution is 5.96. The third-order valence-corrected chi connectivity index (χ3v) is 6.64. The van der Waals surface area contributed by atoms with Crippen LogP contribution in [-0.2, 0) is 6.61 Å². The smallest absolute Gasteiger partial charge is 0.141 e.